The van der Waals surface area contributed by atoms with Crippen LogP contribution in [0.25, 0.3) is 65.6 Å². The fourth-order valence-electron chi connectivity index (χ4n) is 10.3. The molecule has 10 heteroatoms. The number of carbonyl (C=O) groups is 2. The molecule has 2 atom stereocenters. The van der Waals surface area contributed by atoms with Crippen molar-refractivity contribution in [2.24, 2.45) is 0 Å². The Morgan fingerprint density at radius 2 is 1.09 bits per heavy atom. The molecule has 4 heterocycles. The van der Waals surface area contributed by atoms with Crippen molar-refractivity contribution in [2.75, 3.05) is 13.2 Å². The molecule has 2 aliphatic heterocycles. The maximum Gasteiger partial charge on any atom is 0.263 e. The monoisotopic (exact) mass is 942 g/mol. The van der Waals surface area contributed by atoms with Gasteiger partial charge in [0, 0.05) is 52.7 Å². The van der Waals surface area contributed by atoms with E-state index in [1.54, 1.807) is 19.2 Å². The zero-order valence-corrected chi connectivity index (χ0v) is 41.9. The van der Waals surface area contributed by atoms with Crippen LogP contribution in [0.4, 0.5) is 8.78 Å². The molecule has 0 bridgehead atoms. The number of alkyl halides is 2. The predicted molar refractivity (Wildman–Crippen MR) is 275 cm³/mol. The van der Waals surface area contributed by atoms with Gasteiger partial charge in [-0.05, 0) is 190 Å². The summed E-state index contributed by atoms with van der Waals surface area (Å²) in [5.41, 5.74) is 11.3. The second-order valence-electron chi connectivity index (χ2n) is 20.7. The Hall–Kier alpha value is -6.62. The van der Waals surface area contributed by atoms with E-state index in [9.17, 15) is 18.4 Å². The maximum absolute atomic E-state index is 13.6. The van der Waals surface area contributed by atoms with Crippen molar-refractivity contribution in [3.63, 3.8) is 0 Å². The SMILES string of the molecule is CC(=O)[C@@H](OC(C)(C)C)c1c(C)cc2c(C)cccc2c1-c1ccc2c3c(ccnc13)CCO2.CC(=O)[C@@H](OC(C)(C)C)c1c(C)cc2cc(C(F)F)ccc2c1-c1ccc2c3c(ccnc13)CCO2. The van der Waals surface area contributed by atoms with Gasteiger partial charge in [0.05, 0.1) is 35.4 Å². The number of hydrogen-bond donors (Lipinski definition) is 0. The van der Waals surface area contributed by atoms with Gasteiger partial charge in [0.1, 0.15) is 23.7 Å². The first-order valence-electron chi connectivity index (χ1n) is 24.0. The number of ether oxygens (including phenoxy) is 4. The number of halogens is 2. The molecule has 0 saturated heterocycles. The summed E-state index contributed by atoms with van der Waals surface area (Å²) >= 11 is 0. The Morgan fingerprint density at radius 3 is 1.57 bits per heavy atom. The van der Waals surface area contributed by atoms with Gasteiger partial charge in [-0.15, -0.1) is 0 Å². The van der Waals surface area contributed by atoms with Crippen molar-refractivity contribution in [2.45, 2.75) is 119 Å². The molecule has 0 spiro atoms. The number of Topliss-reactive ketones (excluding diaryl/α,β-unsaturated/α-hetero) is 2. The standard InChI is InChI=1S/C30H29F2NO3.C30H31NO3/c1-16-14-20-15-19(29(31)32)6-7-21(20)26(24(16)28(17(2)34)36-30(3,4)5)22-8-9-23-25-18(11-13-35-23)10-12-33-27(22)25;1-17-8-7-9-21-23(17)16-18(2)25(29(19(3)32)34-30(4,5)6)27(21)22-10-11-24-26-20(13-15-33-24)12-14-31-28(22)26/h6-10,12,14-15,28-29H,11,13H2,1-5H3;7-12,14,16,29H,13,15H2,1-6H3/t28-;29-/m11/s1. The van der Waals surface area contributed by atoms with Crippen molar-refractivity contribution in [1.82, 2.24) is 9.97 Å². The Morgan fingerprint density at radius 1 is 0.586 bits per heavy atom. The molecular weight excluding hydrogens is 883 g/mol. The van der Waals surface area contributed by atoms with E-state index in [-0.39, 0.29) is 17.1 Å². The first kappa shape index (κ1) is 48.4. The summed E-state index contributed by atoms with van der Waals surface area (Å²) in [6, 6.07) is 27.2. The topological polar surface area (TPSA) is 96.8 Å². The minimum atomic E-state index is -2.58. The van der Waals surface area contributed by atoms with Gasteiger partial charge in [0.25, 0.3) is 6.43 Å². The van der Waals surface area contributed by atoms with E-state index < -0.39 is 29.8 Å². The highest BCUT2D eigenvalue weighted by molar-refractivity contribution is 6.11. The Kier molecular flexibility index (Phi) is 12.9. The number of rotatable bonds is 9. The molecule has 0 amide bonds. The number of aromatic nitrogens is 2. The summed E-state index contributed by atoms with van der Waals surface area (Å²) in [6.45, 7) is 22.2. The number of pyridine rings is 2. The lowest BCUT2D eigenvalue weighted by Gasteiger charge is -2.30. The Labute approximate surface area is 408 Å². The van der Waals surface area contributed by atoms with E-state index in [1.165, 1.54) is 35.6 Å². The molecule has 0 saturated carbocycles. The van der Waals surface area contributed by atoms with Gasteiger partial charge >= 0.3 is 0 Å². The number of hydrogen-bond acceptors (Lipinski definition) is 8. The largest absolute Gasteiger partial charge is 0.493 e. The lowest BCUT2D eigenvalue weighted by Crippen LogP contribution is -2.27. The molecule has 2 aliphatic rings. The van der Waals surface area contributed by atoms with Crippen LogP contribution in [0.2, 0.25) is 0 Å². The lowest BCUT2D eigenvalue weighted by molar-refractivity contribution is -0.139. The fraction of sp³-hybridized carbons (Fsp3) is 0.333. The van der Waals surface area contributed by atoms with E-state index in [2.05, 4.69) is 50.2 Å². The highest BCUT2D eigenvalue weighted by Crippen LogP contribution is 2.48. The molecule has 6 aromatic carbocycles. The third kappa shape index (κ3) is 9.15. The molecule has 8 aromatic rings. The first-order valence-corrected chi connectivity index (χ1v) is 24.0. The molecule has 2 aromatic heterocycles. The smallest absolute Gasteiger partial charge is 0.263 e. The fourth-order valence-corrected chi connectivity index (χ4v) is 10.3. The van der Waals surface area contributed by atoms with Crippen LogP contribution < -0.4 is 9.47 Å². The Balaban J connectivity index is 0.000000174. The van der Waals surface area contributed by atoms with Crippen LogP contribution in [0.1, 0.15) is 119 Å². The van der Waals surface area contributed by atoms with Gasteiger partial charge in [0.2, 0.25) is 0 Å². The molecular formula is C60H60F2N2O6. The molecule has 0 aliphatic carbocycles. The summed E-state index contributed by atoms with van der Waals surface area (Å²) in [6.07, 6.45) is 1.22. The van der Waals surface area contributed by atoms with Crippen LogP contribution in [0.3, 0.4) is 0 Å². The summed E-state index contributed by atoms with van der Waals surface area (Å²) in [5, 5.41) is 5.73. The highest BCUT2D eigenvalue weighted by Gasteiger charge is 2.33. The van der Waals surface area contributed by atoms with Crippen molar-refractivity contribution >= 4 is 54.9 Å². The average Bonchev–Trinajstić information content (AvgIpc) is 3.30. The zero-order chi connectivity index (χ0) is 50.0. The van der Waals surface area contributed by atoms with Gasteiger partial charge in [0.15, 0.2) is 11.6 Å². The molecule has 10 rings (SSSR count). The van der Waals surface area contributed by atoms with E-state index in [0.29, 0.717) is 18.6 Å². The number of aryl methyl sites for hydroxylation is 3. The molecule has 8 nitrogen and oxygen atoms in total. The third-order valence-electron chi connectivity index (χ3n) is 13.2. The van der Waals surface area contributed by atoms with Crippen molar-refractivity contribution in [1.29, 1.82) is 0 Å². The zero-order valence-electron chi connectivity index (χ0n) is 41.9. The molecule has 0 unspecified atom stereocenters. The van der Waals surface area contributed by atoms with Crippen LogP contribution in [-0.4, -0.2) is 46.0 Å². The number of ketones is 2. The predicted octanol–water partition coefficient (Wildman–Crippen LogP) is 14.7. The molecule has 360 valence electrons. The van der Waals surface area contributed by atoms with Crippen LogP contribution >= 0.6 is 0 Å². The maximum atomic E-state index is 13.6. The number of fused-ring (bicyclic) bond motifs is 2. The Bertz CT molecular complexity index is 3380. The first-order chi connectivity index (χ1) is 33.2. The minimum Gasteiger partial charge on any atom is -0.493 e. The van der Waals surface area contributed by atoms with Crippen LogP contribution in [-0.2, 0) is 31.9 Å². The molecule has 70 heavy (non-hydrogen) atoms. The van der Waals surface area contributed by atoms with Crippen molar-refractivity contribution in [3.8, 4) is 33.8 Å². The van der Waals surface area contributed by atoms with E-state index in [4.69, 9.17) is 28.9 Å². The van der Waals surface area contributed by atoms with E-state index in [1.807, 2.05) is 85.0 Å². The van der Waals surface area contributed by atoms with Gasteiger partial charge in [-0.3, -0.25) is 19.6 Å². The minimum absolute atomic E-state index is 0.00898. The highest BCUT2D eigenvalue weighted by atomic mass is 19.3. The van der Waals surface area contributed by atoms with E-state index in [0.717, 1.165) is 107 Å². The third-order valence-corrected chi connectivity index (χ3v) is 13.2. The second kappa shape index (κ2) is 18.6. The number of carbonyl (C=O) groups excluding carboxylic acids is 2. The summed E-state index contributed by atoms with van der Waals surface area (Å²) in [4.78, 5) is 35.6. The van der Waals surface area contributed by atoms with Gasteiger partial charge in [-0.1, -0.05) is 42.5 Å². The number of benzene rings is 6. The second-order valence-corrected chi connectivity index (χ2v) is 20.7. The van der Waals surface area contributed by atoms with Gasteiger partial charge in [-0.25, -0.2) is 8.78 Å². The molecule has 0 radical (unpaired) electrons. The van der Waals surface area contributed by atoms with Crippen molar-refractivity contribution in [3.05, 3.63) is 142 Å². The quantitative estimate of drug-likeness (QED) is 0.141. The normalized spacial score (nSPS) is 14.3. The summed E-state index contributed by atoms with van der Waals surface area (Å²) in [7, 11) is 0. The average molecular weight is 943 g/mol. The lowest BCUT2D eigenvalue weighted by atomic mass is 9.84. The summed E-state index contributed by atoms with van der Waals surface area (Å²) < 4.78 is 51.8. The molecule has 0 N–H and O–H groups in total. The summed E-state index contributed by atoms with van der Waals surface area (Å²) in [5.74, 6) is 1.51. The molecule has 0 fully saturated rings. The van der Waals surface area contributed by atoms with Crippen LogP contribution in [0.5, 0.6) is 11.5 Å². The van der Waals surface area contributed by atoms with Crippen molar-refractivity contribution < 1.29 is 37.3 Å². The van der Waals surface area contributed by atoms with Gasteiger partial charge < -0.3 is 18.9 Å². The van der Waals surface area contributed by atoms with Crippen LogP contribution in [0, 0.1) is 20.8 Å². The van der Waals surface area contributed by atoms with Gasteiger partial charge in [-0.2, -0.15) is 0 Å². The number of nitrogens with zero attached hydrogens (tertiary/aromatic N) is 2. The van der Waals surface area contributed by atoms with Crippen LogP contribution in [0.15, 0.2) is 97.3 Å². The van der Waals surface area contributed by atoms with E-state index >= 15 is 0 Å².